The molecular formula is C11H20BrNO2S. The van der Waals surface area contributed by atoms with E-state index in [9.17, 15) is 0 Å². The normalized spacial score (nSPS) is 9.38. The van der Waals surface area contributed by atoms with Gasteiger partial charge in [-0.15, -0.1) is 11.3 Å². The molecule has 1 aromatic heterocycles. The zero-order chi connectivity index (χ0) is 13.2. The van der Waals surface area contributed by atoms with Crippen LogP contribution in [0.2, 0.25) is 0 Å². The average molecular weight is 310 g/mol. The zero-order valence-electron chi connectivity index (χ0n) is 10.5. The number of hydrogen-bond donors (Lipinski definition) is 1. The van der Waals surface area contributed by atoms with Crippen molar-refractivity contribution < 1.29 is 9.53 Å². The number of thiophene rings is 1. The number of hydrogen-bond acceptors (Lipinski definition) is 4. The van der Waals surface area contributed by atoms with E-state index < -0.39 is 0 Å². The molecule has 1 N–H and O–H groups in total. The summed E-state index contributed by atoms with van der Waals surface area (Å²) in [5.41, 5.74) is 0.0417. The Balaban J connectivity index is 0. The average Bonchev–Trinajstić information content (AvgIpc) is 2.66. The molecule has 0 atom stereocenters. The molecular weight excluding hydrogens is 290 g/mol. The molecule has 16 heavy (non-hydrogen) atoms. The van der Waals surface area contributed by atoms with E-state index in [2.05, 4.69) is 21.2 Å². The van der Waals surface area contributed by atoms with Crippen molar-refractivity contribution in [2.24, 2.45) is 0 Å². The number of halogens is 1. The summed E-state index contributed by atoms with van der Waals surface area (Å²) < 4.78 is 6.08. The molecule has 0 spiro atoms. The number of nitrogens with one attached hydrogen (secondary N) is 1. The molecule has 0 radical (unpaired) electrons. The Morgan fingerprint density at radius 2 is 1.88 bits per heavy atom. The fraction of sp³-hybridized carbons (Fsp3) is 0.545. The van der Waals surface area contributed by atoms with Crippen molar-refractivity contribution >= 4 is 39.1 Å². The number of rotatable bonds is 1. The maximum atomic E-state index is 8.00. The third-order valence-electron chi connectivity index (χ3n) is 1.46. The van der Waals surface area contributed by atoms with Crippen molar-refractivity contribution in [1.82, 2.24) is 0 Å². The monoisotopic (exact) mass is 309 g/mol. The number of carbonyl (C=O) groups excluding carboxylic acids is 1. The lowest BCUT2D eigenvalue weighted by Gasteiger charge is -2.14. The Hall–Kier alpha value is -0.390. The second-order valence-electron chi connectivity index (χ2n) is 3.66. The van der Waals surface area contributed by atoms with Crippen LogP contribution in [0.1, 0.15) is 20.8 Å². The Kier molecular flexibility index (Phi) is 11.0. The molecule has 0 saturated carbocycles. The zero-order valence-corrected chi connectivity index (χ0v) is 12.9. The summed E-state index contributed by atoms with van der Waals surface area (Å²) in [6, 6.07) is 2.02. The number of anilines is 1. The first-order chi connectivity index (χ1) is 7.40. The highest BCUT2D eigenvalue weighted by atomic mass is 79.9. The molecule has 1 aromatic rings. The molecule has 0 aromatic carbocycles. The van der Waals surface area contributed by atoms with Gasteiger partial charge in [0.05, 0.1) is 10.1 Å². The van der Waals surface area contributed by atoms with E-state index in [1.165, 1.54) is 5.00 Å². The largest absolute Gasteiger partial charge is 0.379 e. The van der Waals surface area contributed by atoms with Gasteiger partial charge >= 0.3 is 0 Å². The molecule has 0 aliphatic carbocycles. The highest BCUT2D eigenvalue weighted by molar-refractivity contribution is 9.10. The quantitative estimate of drug-likeness (QED) is 0.857. The van der Waals surface area contributed by atoms with Gasteiger partial charge in [-0.05, 0) is 48.1 Å². The standard InChI is InChI=1S/C5H6BrNS.C5H12O.CH2O/c1-7-5-4(6)2-3-8-5;1-5(2,3)6-4;1-2/h2-3,7H,1H3;1-4H3;1H2. The summed E-state index contributed by atoms with van der Waals surface area (Å²) in [5, 5.41) is 6.27. The van der Waals surface area contributed by atoms with E-state index in [0.29, 0.717) is 0 Å². The first-order valence-electron chi connectivity index (χ1n) is 4.65. The van der Waals surface area contributed by atoms with Gasteiger partial charge in [0.1, 0.15) is 11.8 Å². The summed E-state index contributed by atoms with van der Waals surface area (Å²) in [4.78, 5) is 8.00. The van der Waals surface area contributed by atoms with Crippen LogP contribution in [-0.2, 0) is 9.53 Å². The van der Waals surface area contributed by atoms with E-state index in [-0.39, 0.29) is 5.60 Å². The van der Waals surface area contributed by atoms with Crippen molar-refractivity contribution in [2.45, 2.75) is 26.4 Å². The first-order valence-corrected chi connectivity index (χ1v) is 6.32. The lowest BCUT2D eigenvalue weighted by atomic mass is 10.2. The Labute approximate surface area is 110 Å². The predicted octanol–water partition coefficient (Wildman–Crippen LogP) is 3.80. The molecule has 0 unspecified atom stereocenters. The summed E-state index contributed by atoms with van der Waals surface area (Å²) >= 11 is 5.07. The van der Waals surface area contributed by atoms with Crippen LogP contribution >= 0.6 is 27.3 Å². The van der Waals surface area contributed by atoms with Gasteiger partial charge in [0.2, 0.25) is 0 Å². The topological polar surface area (TPSA) is 38.3 Å². The van der Waals surface area contributed by atoms with Crippen molar-refractivity contribution in [3.8, 4) is 0 Å². The molecule has 0 amide bonds. The lowest BCUT2D eigenvalue weighted by molar-refractivity contribution is -0.0979. The molecule has 0 aliphatic rings. The van der Waals surface area contributed by atoms with E-state index in [1.807, 2.05) is 46.1 Å². The van der Waals surface area contributed by atoms with Crippen LogP contribution in [0.25, 0.3) is 0 Å². The second kappa shape index (κ2) is 9.81. The van der Waals surface area contributed by atoms with Crippen LogP contribution in [0.3, 0.4) is 0 Å². The minimum absolute atomic E-state index is 0.0417. The van der Waals surface area contributed by atoms with Crippen LogP contribution in [0.5, 0.6) is 0 Å². The smallest absolute Gasteiger partial charge is 0.106 e. The molecule has 0 aliphatic heterocycles. The minimum Gasteiger partial charge on any atom is -0.379 e. The van der Waals surface area contributed by atoms with Gasteiger partial charge in [-0.2, -0.15) is 0 Å². The van der Waals surface area contributed by atoms with Crippen molar-refractivity contribution in [1.29, 1.82) is 0 Å². The van der Waals surface area contributed by atoms with Crippen molar-refractivity contribution in [3.63, 3.8) is 0 Å². The van der Waals surface area contributed by atoms with Crippen molar-refractivity contribution in [3.05, 3.63) is 15.9 Å². The minimum atomic E-state index is 0.0417. The fourth-order valence-electron chi connectivity index (χ4n) is 0.472. The third kappa shape index (κ3) is 10.1. The Morgan fingerprint density at radius 1 is 1.44 bits per heavy atom. The fourth-order valence-corrected chi connectivity index (χ4v) is 1.90. The number of methoxy groups -OCH3 is 1. The highest BCUT2D eigenvalue weighted by Crippen LogP contribution is 2.27. The molecule has 1 rings (SSSR count). The molecule has 0 fully saturated rings. The summed E-state index contributed by atoms with van der Waals surface area (Å²) in [6.07, 6.45) is 0. The Bertz CT molecular complexity index is 271. The Morgan fingerprint density at radius 3 is 2.00 bits per heavy atom. The van der Waals surface area contributed by atoms with Crippen LogP contribution < -0.4 is 5.32 Å². The van der Waals surface area contributed by atoms with Gasteiger partial charge in [-0.3, -0.25) is 0 Å². The summed E-state index contributed by atoms with van der Waals surface area (Å²) in [5.74, 6) is 0. The SMILES string of the molecule is C=O.CNc1sccc1Br.COC(C)(C)C. The van der Waals surface area contributed by atoms with E-state index >= 15 is 0 Å². The highest BCUT2D eigenvalue weighted by Gasteiger charge is 2.04. The van der Waals surface area contributed by atoms with Crippen LogP contribution in [0.15, 0.2) is 15.9 Å². The molecule has 94 valence electrons. The summed E-state index contributed by atoms with van der Waals surface area (Å²) in [7, 11) is 3.62. The van der Waals surface area contributed by atoms with Crippen LogP contribution in [0, 0.1) is 0 Å². The van der Waals surface area contributed by atoms with Gasteiger partial charge in [-0.1, -0.05) is 0 Å². The van der Waals surface area contributed by atoms with E-state index in [1.54, 1.807) is 18.4 Å². The van der Waals surface area contributed by atoms with Gasteiger partial charge in [0, 0.05) is 14.2 Å². The number of carbonyl (C=O) groups is 1. The van der Waals surface area contributed by atoms with Gasteiger partial charge < -0.3 is 14.8 Å². The van der Waals surface area contributed by atoms with E-state index in [4.69, 9.17) is 9.53 Å². The van der Waals surface area contributed by atoms with Gasteiger partial charge in [0.15, 0.2) is 0 Å². The van der Waals surface area contributed by atoms with Crippen LogP contribution in [0.4, 0.5) is 5.00 Å². The molecule has 0 bridgehead atoms. The second-order valence-corrected chi connectivity index (χ2v) is 5.43. The maximum Gasteiger partial charge on any atom is 0.106 e. The predicted molar refractivity (Wildman–Crippen MR) is 75.4 cm³/mol. The number of ether oxygens (including phenoxy) is 1. The molecule has 5 heteroatoms. The van der Waals surface area contributed by atoms with Crippen molar-refractivity contribution in [2.75, 3.05) is 19.5 Å². The summed E-state index contributed by atoms with van der Waals surface area (Å²) in [6.45, 7) is 8.06. The molecule has 3 nitrogen and oxygen atoms in total. The first kappa shape index (κ1) is 18.0. The van der Waals surface area contributed by atoms with Gasteiger partial charge in [-0.25, -0.2) is 0 Å². The third-order valence-corrected chi connectivity index (χ3v) is 3.31. The van der Waals surface area contributed by atoms with Gasteiger partial charge in [0.25, 0.3) is 0 Å². The molecule has 1 heterocycles. The lowest BCUT2D eigenvalue weighted by Crippen LogP contribution is -2.15. The maximum absolute atomic E-state index is 8.00. The molecule has 0 saturated heterocycles. The van der Waals surface area contributed by atoms with E-state index in [0.717, 1.165) is 4.47 Å². The van der Waals surface area contributed by atoms with Crippen LogP contribution in [-0.4, -0.2) is 26.5 Å².